The SMILES string of the molecule is O=C1CCc2c(Oc3ccc4c(c3)CC(c3ncc(-c5ccc6c(c5)OCO6)[nH]3)CO4)ccnc2N1. The van der Waals surface area contributed by atoms with Gasteiger partial charge in [-0.3, -0.25) is 4.79 Å². The van der Waals surface area contributed by atoms with Gasteiger partial charge in [-0.05, 0) is 60.9 Å². The molecule has 1 atom stereocenters. The number of aromatic amines is 1. The molecule has 0 aliphatic carbocycles. The third-order valence-corrected chi connectivity index (χ3v) is 6.70. The van der Waals surface area contributed by atoms with Crippen LogP contribution < -0.4 is 24.3 Å². The number of H-pyrrole nitrogens is 1. The number of benzene rings is 2. The Labute approximate surface area is 206 Å². The quantitative estimate of drug-likeness (QED) is 0.438. The molecule has 3 aliphatic heterocycles. The first kappa shape index (κ1) is 20.8. The first-order valence-corrected chi connectivity index (χ1v) is 11.9. The zero-order valence-corrected chi connectivity index (χ0v) is 19.2. The molecule has 4 aromatic rings. The van der Waals surface area contributed by atoms with Crippen molar-refractivity contribution < 1.29 is 23.7 Å². The summed E-state index contributed by atoms with van der Waals surface area (Å²) in [6, 6.07) is 13.5. The van der Waals surface area contributed by atoms with Gasteiger partial charge in [0.1, 0.15) is 28.9 Å². The molecule has 0 fully saturated rings. The number of rotatable bonds is 4. The highest BCUT2D eigenvalue weighted by Crippen LogP contribution is 2.39. The lowest BCUT2D eigenvalue weighted by Gasteiger charge is -2.25. The maximum Gasteiger partial charge on any atom is 0.231 e. The number of fused-ring (bicyclic) bond motifs is 3. The lowest BCUT2D eigenvalue weighted by atomic mass is 9.96. The van der Waals surface area contributed by atoms with Crippen LogP contribution in [0, 0.1) is 0 Å². The number of nitrogens with zero attached hydrogens (tertiary/aromatic N) is 2. The second-order valence-corrected chi connectivity index (χ2v) is 9.02. The standard InChI is InChI=1S/C27H22N4O5/c32-25-6-3-19-22(7-8-28-27(19)31-25)36-18-2-5-21-16(10-18)9-17(13-33-21)26-29-12-20(30-26)15-1-4-23-24(11-15)35-14-34-23/h1-2,4-5,7-8,10-12,17H,3,6,9,13-14H2,(H,29,30)(H,28,31,32). The van der Waals surface area contributed by atoms with Crippen molar-refractivity contribution >= 4 is 11.7 Å². The predicted octanol–water partition coefficient (Wildman–Crippen LogP) is 4.60. The Morgan fingerprint density at radius 1 is 0.944 bits per heavy atom. The van der Waals surface area contributed by atoms with Crippen molar-refractivity contribution in [2.24, 2.45) is 0 Å². The third kappa shape index (κ3) is 3.69. The molecule has 2 aromatic heterocycles. The zero-order valence-electron chi connectivity index (χ0n) is 19.2. The Hall–Kier alpha value is -4.53. The van der Waals surface area contributed by atoms with Gasteiger partial charge < -0.3 is 29.2 Å². The zero-order chi connectivity index (χ0) is 24.1. The van der Waals surface area contributed by atoms with Crippen molar-refractivity contribution in [1.29, 1.82) is 0 Å². The van der Waals surface area contributed by atoms with Crippen molar-refractivity contribution in [3.63, 3.8) is 0 Å². The monoisotopic (exact) mass is 482 g/mol. The van der Waals surface area contributed by atoms with Gasteiger partial charge in [0.05, 0.1) is 24.4 Å². The highest BCUT2D eigenvalue weighted by molar-refractivity contribution is 5.93. The van der Waals surface area contributed by atoms with Gasteiger partial charge in [0.2, 0.25) is 12.7 Å². The number of carbonyl (C=O) groups is 1. The molecule has 36 heavy (non-hydrogen) atoms. The van der Waals surface area contributed by atoms with Gasteiger partial charge in [0, 0.05) is 23.7 Å². The molecule has 2 aromatic carbocycles. The number of hydrogen-bond donors (Lipinski definition) is 2. The Morgan fingerprint density at radius 2 is 1.86 bits per heavy atom. The van der Waals surface area contributed by atoms with Crippen molar-refractivity contribution in [2.75, 3.05) is 18.7 Å². The van der Waals surface area contributed by atoms with Gasteiger partial charge in [-0.25, -0.2) is 9.97 Å². The predicted molar refractivity (Wildman–Crippen MR) is 130 cm³/mol. The average molecular weight is 482 g/mol. The lowest BCUT2D eigenvalue weighted by Crippen LogP contribution is -2.20. The van der Waals surface area contributed by atoms with E-state index in [1.54, 1.807) is 6.20 Å². The molecule has 180 valence electrons. The van der Waals surface area contributed by atoms with Crippen LogP contribution >= 0.6 is 0 Å². The Morgan fingerprint density at radius 3 is 2.83 bits per heavy atom. The summed E-state index contributed by atoms with van der Waals surface area (Å²) in [5, 5.41) is 2.81. The van der Waals surface area contributed by atoms with Crippen LogP contribution in [0.25, 0.3) is 11.3 Å². The average Bonchev–Trinajstić information content (AvgIpc) is 3.58. The van der Waals surface area contributed by atoms with E-state index in [-0.39, 0.29) is 18.6 Å². The first-order valence-electron chi connectivity index (χ1n) is 11.9. The maximum absolute atomic E-state index is 11.7. The van der Waals surface area contributed by atoms with E-state index >= 15 is 0 Å². The normalized spacial score (nSPS) is 17.6. The molecular weight excluding hydrogens is 460 g/mol. The van der Waals surface area contributed by atoms with Crippen LogP contribution in [0.5, 0.6) is 28.7 Å². The fourth-order valence-corrected chi connectivity index (χ4v) is 4.84. The molecule has 9 heteroatoms. The molecule has 2 N–H and O–H groups in total. The third-order valence-electron chi connectivity index (χ3n) is 6.70. The number of aromatic nitrogens is 3. The second kappa shape index (κ2) is 8.30. The summed E-state index contributed by atoms with van der Waals surface area (Å²) >= 11 is 0. The van der Waals surface area contributed by atoms with Crippen molar-refractivity contribution in [3.05, 3.63) is 71.8 Å². The second-order valence-electron chi connectivity index (χ2n) is 9.02. The number of pyridine rings is 1. The van der Waals surface area contributed by atoms with Gasteiger partial charge in [0.25, 0.3) is 0 Å². The number of imidazole rings is 1. The van der Waals surface area contributed by atoms with Gasteiger partial charge >= 0.3 is 0 Å². The summed E-state index contributed by atoms with van der Waals surface area (Å²) < 4.78 is 23.2. The first-order chi connectivity index (χ1) is 17.7. The van der Waals surface area contributed by atoms with E-state index in [2.05, 4.69) is 20.3 Å². The highest BCUT2D eigenvalue weighted by Gasteiger charge is 2.26. The largest absolute Gasteiger partial charge is 0.493 e. The van der Waals surface area contributed by atoms with Crippen LogP contribution in [-0.4, -0.2) is 34.3 Å². The summed E-state index contributed by atoms with van der Waals surface area (Å²) in [6.07, 6.45) is 5.28. The van der Waals surface area contributed by atoms with E-state index in [4.69, 9.17) is 18.9 Å². The summed E-state index contributed by atoms with van der Waals surface area (Å²) in [5.74, 6) is 5.26. The van der Waals surface area contributed by atoms with E-state index in [0.29, 0.717) is 36.8 Å². The molecule has 0 bridgehead atoms. The van der Waals surface area contributed by atoms with Crippen LogP contribution in [-0.2, 0) is 17.6 Å². The van der Waals surface area contributed by atoms with Crippen LogP contribution in [0.1, 0.15) is 29.3 Å². The molecule has 0 saturated carbocycles. The van der Waals surface area contributed by atoms with E-state index in [9.17, 15) is 4.79 Å². The van der Waals surface area contributed by atoms with Crippen LogP contribution in [0.3, 0.4) is 0 Å². The molecule has 3 aliphatic rings. The van der Waals surface area contributed by atoms with Gasteiger partial charge in [-0.1, -0.05) is 0 Å². The fourth-order valence-electron chi connectivity index (χ4n) is 4.84. The molecule has 1 unspecified atom stereocenters. The maximum atomic E-state index is 11.7. The molecule has 7 rings (SSSR count). The molecule has 0 spiro atoms. The smallest absolute Gasteiger partial charge is 0.231 e. The van der Waals surface area contributed by atoms with Crippen LogP contribution in [0.2, 0.25) is 0 Å². The lowest BCUT2D eigenvalue weighted by molar-refractivity contribution is -0.116. The topological polar surface area (TPSA) is 108 Å². The Kier molecular flexibility index (Phi) is 4.80. The van der Waals surface area contributed by atoms with E-state index < -0.39 is 0 Å². The minimum Gasteiger partial charge on any atom is -0.493 e. The van der Waals surface area contributed by atoms with E-state index in [1.807, 2.05) is 48.7 Å². The molecule has 5 heterocycles. The minimum absolute atomic E-state index is 0.0243. The summed E-state index contributed by atoms with van der Waals surface area (Å²) in [6.45, 7) is 0.788. The summed E-state index contributed by atoms with van der Waals surface area (Å²) in [4.78, 5) is 24.1. The number of ether oxygens (including phenoxy) is 4. The van der Waals surface area contributed by atoms with E-state index in [1.165, 1.54) is 0 Å². The number of nitrogens with one attached hydrogen (secondary N) is 2. The molecular formula is C27H22N4O5. The highest BCUT2D eigenvalue weighted by atomic mass is 16.7. The number of carbonyl (C=O) groups excluding carboxylic acids is 1. The van der Waals surface area contributed by atoms with Crippen molar-refractivity contribution in [2.45, 2.75) is 25.2 Å². The van der Waals surface area contributed by atoms with Crippen molar-refractivity contribution in [1.82, 2.24) is 15.0 Å². The van der Waals surface area contributed by atoms with Gasteiger partial charge in [0.15, 0.2) is 11.5 Å². The fraction of sp³-hybridized carbons (Fsp3) is 0.222. The molecule has 1 amide bonds. The van der Waals surface area contributed by atoms with Gasteiger partial charge in [-0.2, -0.15) is 0 Å². The van der Waals surface area contributed by atoms with Gasteiger partial charge in [-0.15, -0.1) is 0 Å². The molecule has 9 nitrogen and oxygen atoms in total. The number of anilines is 1. The molecule has 0 radical (unpaired) electrons. The van der Waals surface area contributed by atoms with Crippen molar-refractivity contribution in [3.8, 4) is 40.0 Å². The van der Waals surface area contributed by atoms with Crippen LogP contribution in [0.4, 0.5) is 5.82 Å². The van der Waals surface area contributed by atoms with E-state index in [0.717, 1.165) is 51.9 Å². The number of hydrogen-bond acceptors (Lipinski definition) is 7. The van der Waals surface area contributed by atoms with Crippen LogP contribution in [0.15, 0.2) is 54.9 Å². The molecule has 0 saturated heterocycles. The Bertz CT molecular complexity index is 1500. The Balaban J connectivity index is 1.11. The summed E-state index contributed by atoms with van der Waals surface area (Å²) in [7, 11) is 0. The summed E-state index contributed by atoms with van der Waals surface area (Å²) in [5.41, 5.74) is 3.88. The minimum atomic E-state index is -0.0243. The number of amides is 1.